The summed E-state index contributed by atoms with van der Waals surface area (Å²) in [5.74, 6) is -0.169. The van der Waals surface area contributed by atoms with Crippen LogP contribution in [0.2, 0.25) is 0 Å². The minimum Gasteiger partial charge on any atom is -0.383 e. The van der Waals surface area contributed by atoms with E-state index in [1.165, 1.54) is 14.3 Å². The summed E-state index contributed by atoms with van der Waals surface area (Å²) >= 11 is 1.70. The fourth-order valence-electron chi connectivity index (χ4n) is 4.52. The van der Waals surface area contributed by atoms with E-state index in [-0.39, 0.29) is 36.5 Å². The van der Waals surface area contributed by atoms with E-state index >= 15 is 0 Å². The van der Waals surface area contributed by atoms with E-state index in [1.807, 2.05) is 43.3 Å². The number of rotatable bonds is 9. The molecule has 9 heteroatoms. The number of aromatic nitrogens is 2. The van der Waals surface area contributed by atoms with Gasteiger partial charge in [0.25, 0.3) is 5.56 Å². The molecule has 8 nitrogen and oxygen atoms in total. The van der Waals surface area contributed by atoms with Crippen LogP contribution in [0, 0.1) is 0 Å². The number of nitrogens with one attached hydrogen (secondary N) is 1. The average molecular weight is 482 g/mol. The van der Waals surface area contributed by atoms with Crippen LogP contribution in [0.1, 0.15) is 49.1 Å². The second kappa shape index (κ2) is 10.8. The number of unbranched alkanes of at least 4 members (excludes halogenated alkanes) is 1. The highest BCUT2D eigenvalue weighted by molar-refractivity contribution is 7.10. The quantitative estimate of drug-likeness (QED) is 0.488. The van der Waals surface area contributed by atoms with Gasteiger partial charge < -0.3 is 10.6 Å². The lowest BCUT2D eigenvalue weighted by atomic mass is 10.2. The maximum atomic E-state index is 13.6. The Kier molecular flexibility index (Phi) is 7.64. The summed E-state index contributed by atoms with van der Waals surface area (Å²) in [4.78, 5) is 46.3. The number of aromatic amines is 1. The second-order valence-corrected chi connectivity index (χ2v) is 9.59. The molecule has 0 radical (unpaired) electrons. The van der Waals surface area contributed by atoms with Gasteiger partial charge in [-0.3, -0.25) is 24.0 Å². The zero-order chi connectivity index (χ0) is 24.1. The number of hydrogen-bond acceptors (Lipinski definition) is 6. The number of anilines is 2. The number of H-pyrrole nitrogens is 1. The summed E-state index contributed by atoms with van der Waals surface area (Å²) in [5.41, 5.74) is 6.10. The Hall–Kier alpha value is -3.17. The highest BCUT2D eigenvalue weighted by Crippen LogP contribution is 2.34. The molecule has 4 rings (SSSR count). The number of likely N-dealkylation sites (tertiary alicyclic amines) is 1. The first kappa shape index (κ1) is 24.0. The summed E-state index contributed by atoms with van der Waals surface area (Å²) < 4.78 is 1.32. The Morgan fingerprint density at radius 2 is 2.00 bits per heavy atom. The molecule has 1 aliphatic heterocycles. The Morgan fingerprint density at radius 1 is 1.21 bits per heavy atom. The van der Waals surface area contributed by atoms with E-state index in [4.69, 9.17) is 5.73 Å². The fourth-order valence-corrected chi connectivity index (χ4v) is 5.41. The van der Waals surface area contributed by atoms with Crippen LogP contribution in [-0.4, -0.2) is 40.0 Å². The lowest BCUT2D eigenvalue weighted by Gasteiger charge is -2.29. The predicted molar refractivity (Wildman–Crippen MR) is 136 cm³/mol. The second-order valence-electron chi connectivity index (χ2n) is 8.61. The van der Waals surface area contributed by atoms with Crippen LogP contribution in [-0.2, 0) is 11.3 Å². The average Bonchev–Trinajstić information content (AvgIpc) is 3.51. The predicted octanol–water partition coefficient (Wildman–Crippen LogP) is 3.20. The lowest BCUT2D eigenvalue weighted by molar-refractivity contribution is -0.120. The Labute approximate surface area is 202 Å². The van der Waals surface area contributed by atoms with E-state index in [2.05, 4.69) is 21.3 Å². The first-order valence-corrected chi connectivity index (χ1v) is 12.6. The summed E-state index contributed by atoms with van der Waals surface area (Å²) in [6.07, 6.45) is 3.60. The van der Waals surface area contributed by atoms with Gasteiger partial charge in [0, 0.05) is 17.5 Å². The molecule has 0 aliphatic carbocycles. The van der Waals surface area contributed by atoms with Crippen molar-refractivity contribution < 1.29 is 4.79 Å². The van der Waals surface area contributed by atoms with E-state index in [1.54, 1.807) is 11.3 Å². The Balaban J connectivity index is 1.65. The van der Waals surface area contributed by atoms with Crippen molar-refractivity contribution in [2.24, 2.45) is 0 Å². The molecule has 34 heavy (non-hydrogen) atoms. The van der Waals surface area contributed by atoms with Crippen LogP contribution >= 0.6 is 11.3 Å². The summed E-state index contributed by atoms with van der Waals surface area (Å²) in [7, 11) is 0. The number of nitrogens with zero attached hydrogens (tertiary/aromatic N) is 3. The lowest BCUT2D eigenvalue weighted by Crippen LogP contribution is -2.45. The van der Waals surface area contributed by atoms with Gasteiger partial charge in [-0.05, 0) is 42.8 Å². The van der Waals surface area contributed by atoms with Crippen molar-refractivity contribution in [2.45, 2.75) is 45.2 Å². The smallest absolute Gasteiger partial charge is 0.330 e. The molecule has 1 amide bonds. The Bertz CT molecular complexity index is 1220. The molecule has 1 saturated heterocycles. The van der Waals surface area contributed by atoms with Crippen LogP contribution in [0.5, 0.6) is 0 Å². The summed E-state index contributed by atoms with van der Waals surface area (Å²) in [5, 5.41) is 2.05. The van der Waals surface area contributed by atoms with Gasteiger partial charge in [-0.15, -0.1) is 11.3 Å². The van der Waals surface area contributed by atoms with Gasteiger partial charge in [-0.2, -0.15) is 0 Å². The van der Waals surface area contributed by atoms with E-state index in [9.17, 15) is 14.4 Å². The van der Waals surface area contributed by atoms with E-state index in [0.717, 1.165) is 37.8 Å². The molecule has 1 aliphatic rings. The summed E-state index contributed by atoms with van der Waals surface area (Å²) in [6.45, 7) is 3.62. The molecular weight excluding hydrogens is 450 g/mol. The molecule has 0 bridgehead atoms. The highest BCUT2D eigenvalue weighted by atomic mass is 32.1. The largest absolute Gasteiger partial charge is 0.383 e. The first-order chi connectivity index (χ1) is 16.5. The van der Waals surface area contributed by atoms with Crippen LogP contribution in [0.3, 0.4) is 0 Å². The monoisotopic (exact) mass is 481 g/mol. The SMILES string of the molecule is CCCCN(C(=O)CN1CCCC1c1cccs1)c1c(N)n(Cc2ccccc2)c(=O)[nH]c1=O. The topological polar surface area (TPSA) is 104 Å². The van der Waals surface area contributed by atoms with Crippen molar-refractivity contribution in [1.29, 1.82) is 0 Å². The minimum atomic E-state index is -0.632. The van der Waals surface area contributed by atoms with E-state index < -0.39 is 11.2 Å². The fraction of sp³-hybridized carbons (Fsp3) is 0.400. The van der Waals surface area contributed by atoms with Gasteiger partial charge in [0.1, 0.15) is 5.82 Å². The molecule has 0 saturated carbocycles. The number of carbonyl (C=O) groups is 1. The van der Waals surface area contributed by atoms with Gasteiger partial charge in [-0.25, -0.2) is 4.79 Å². The first-order valence-electron chi connectivity index (χ1n) is 11.7. The molecule has 3 aromatic rings. The number of nitrogens with two attached hydrogens (primary N) is 1. The molecule has 1 atom stereocenters. The van der Waals surface area contributed by atoms with Crippen molar-refractivity contribution in [3.8, 4) is 0 Å². The van der Waals surface area contributed by atoms with Crippen LogP contribution in [0.15, 0.2) is 57.4 Å². The van der Waals surface area contributed by atoms with Crippen LogP contribution < -0.4 is 21.9 Å². The number of benzene rings is 1. The minimum absolute atomic E-state index is 0.0123. The molecule has 1 unspecified atom stereocenters. The van der Waals surface area contributed by atoms with Crippen molar-refractivity contribution >= 4 is 28.7 Å². The highest BCUT2D eigenvalue weighted by Gasteiger charge is 2.31. The molecule has 1 fully saturated rings. The van der Waals surface area contributed by atoms with Gasteiger partial charge in [0.05, 0.1) is 13.1 Å². The van der Waals surface area contributed by atoms with Crippen molar-refractivity contribution in [3.63, 3.8) is 0 Å². The van der Waals surface area contributed by atoms with Crippen LogP contribution in [0.25, 0.3) is 0 Å². The van der Waals surface area contributed by atoms with Gasteiger partial charge >= 0.3 is 5.69 Å². The maximum absolute atomic E-state index is 13.6. The third-order valence-electron chi connectivity index (χ3n) is 6.28. The molecule has 3 N–H and O–H groups in total. The maximum Gasteiger partial charge on any atom is 0.330 e. The molecule has 0 spiro atoms. The van der Waals surface area contributed by atoms with Crippen molar-refractivity contribution in [1.82, 2.24) is 14.5 Å². The normalized spacial score (nSPS) is 16.1. The molecule has 2 aromatic heterocycles. The van der Waals surface area contributed by atoms with Crippen molar-refractivity contribution in [3.05, 3.63) is 79.1 Å². The number of amides is 1. The van der Waals surface area contributed by atoms with Crippen molar-refractivity contribution in [2.75, 3.05) is 30.3 Å². The van der Waals surface area contributed by atoms with Crippen LogP contribution in [0.4, 0.5) is 11.5 Å². The third kappa shape index (κ3) is 5.15. The van der Waals surface area contributed by atoms with Gasteiger partial charge in [0.2, 0.25) is 5.91 Å². The standard InChI is InChI=1S/C25H31N5O3S/c1-2-3-14-29(21(31)17-28-13-7-11-19(28)20-12-8-15-34-20)22-23(26)30(25(33)27-24(22)32)16-18-9-5-4-6-10-18/h4-6,8-10,12,15,19H,2-3,7,11,13-14,16-17,26H2,1H3,(H,27,32,33). The zero-order valence-electron chi connectivity index (χ0n) is 19.4. The molecule has 180 valence electrons. The molecular formula is C25H31N5O3S. The Morgan fingerprint density at radius 3 is 2.71 bits per heavy atom. The number of hydrogen-bond donors (Lipinski definition) is 2. The number of nitrogen functional groups attached to an aromatic ring is 1. The van der Waals surface area contributed by atoms with Gasteiger partial charge in [-0.1, -0.05) is 49.7 Å². The third-order valence-corrected chi connectivity index (χ3v) is 7.25. The zero-order valence-corrected chi connectivity index (χ0v) is 20.2. The summed E-state index contributed by atoms with van der Waals surface area (Å²) in [6, 6.07) is 13.8. The number of carbonyl (C=O) groups excluding carboxylic acids is 1. The van der Waals surface area contributed by atoms with Gasteiger partial charge in [0.15, 0.2) is 5.69 Å². The van der Waals surface area contributed by atoms with E-state index in [0.29, 0.717) is 6.54 Å². The number of thiophene rings is 1. The molecule has 3 heterocycles. The molecule has 1 aromatic carbocycles.